The normalized spacial score (nSPS) is 23.8. The number of hydrogen-bond donors (Lipinski definition) is 0. The number of aromatic nitrogens is 5. The van der Waals surface area contributed by atoms with Crippen LogP contribution in [0.2, 0.25) is 5.02 Å². The van der Waals surface area contributed by atoms with Crippen molar-refractivity contribution in [3.63, 3.8) is 0 Å². The first-order valence-electron chi connectivity index (χ1n) is 13.9. The van der Waals surface area contributed by atoms with Gasteiger partial charge in [0, 0.05) is 48.9 Å². The predicted octanol–water partition coefficient (Wildman–Crippen LogP) is 5.52. The third kappa shape index (κ3) is 4.46. The van der Waals surface area contributed by atoms with E-state index in [0.29, 0.717) is 24.0 Å². The Morgan fingerprint density at radius 2 is 1.89 bits per heavy atom. The van der Waals surface area contributed by atoms with E-state index in [1.807, 2.05) is 12.1 Å². The second kappa shape index (κ2) is 10.1. The molecule has 9 heteroatoms. The van der Waals surface area contributed by atoms with Crippen molar-refractivity contribution in [1.82, 2.24) is 29.0 Å². The standard InChI is InChI=1S/C29H38ClN7O/c1-18(2)28(22-8-10-23(30)11-9-22)35-15-19(3)34(14-20(35)4)25-13-26-33-31-17-37(26)29-27(25)32-21(5)36(29)16-24-7-6-12-38-24/h8-11,13,17-20,24,28H,6-7,12,14-16H2,1-5H3/t19-,20+,24-,28-/m0/s1. The fourth-order valence-corrected chi connectivity index (χ4v) is 6.72. The zero-order chi connectivity index (χ0) is 26.6. The summed E-state index contributed by atoms with van der Waals surface area (Å²) in [6.07, 6.45) is 4.24. The maximum absolute atomic E-state index is 6.22. The van der Waals surface area contributed by atoms with Crippen LogP contribution in [0.3, 0.4) is 0 Å². The molecule has 0 unspecified atom stereocenters. The minimum Gasteiger partial charge on any atom is -0.376 e. The summed E-state index contributed by atoms with van der Waals surface area (Å²) in [7, 11) is 0. The first kappa shape index (κ1) is 25.6. The van der Waals surface area contributed by atoms with Crippen LogP contribution >= 0.6 is 11.6 Å². The highest BCUT2D eigenvalue weighted by molar-refractivity contribution is 6.30. The van der Waals surface area contributed by atoms with Gasteiger partial charge in [0.25, 0.3) is 0 Å². The number of fused-ring (bicyclic) bond motifs is 3. The largest absolute Gasteiger partial charge is 0.376 e. The summed E-state index contributed by atoms with van der Waals surface area (Å²) < 4.78 is 10.4. The smallest absolute Gasteiger partial charge is 0.164 e. The molecule has 2 fully saturated rings. The Kier molecular flexibility index (Phi) is 6.82. The SMILES string of the molecule is Cc1nc2c(N3C[C@@H](C)N([C@H](c4ccc(Cl)cc4)C(C)C)C[C@@H]3C)cc3nncn3c2n1C[C@@H]1CCCO1. The van der Waals surface area contributed by atoms with Crippen LogP contribution in [0.1, 0.15) is 58.0 Å². The van der Waals surface area contributed by atoms with Crippen LogP contribution in [0.25, 0.3) is 16.8 Å². The molecule has 8 nitrogen and oxygen atoms in total. The first-order chi connectivity index (χ1) is 18.3. The number of imidazole rings is 1. The maximum Gasteiger partial charge on any atom is 0.164 e. The molecule has 1 aromatic carbocycles. The van der Waals surface area contributed by atoms with Crippen molar-refractivity contribution in [3.8, 4) is 0 Å². The molecule has 0 spiro atoms. The minimum atomic E-state index is 0.226. The van der Waals surface area contributed by atoms with E-state index < -0.39 is 0 Å². The lowest BCUT2D eigenvalue weighted by molar-refractivity contribution is 0.0825. The summed E-state index contributed by atoms with van der Waals surface area (Å²) in [5.74, 6) is 1.48. The van der Waals surface area contributed by atoms with Gasteiger partial charge in [0.2, 0.25) is 0 Å². The summed E-state index contributed by atoms with van der Waals surface area (Å²) in [4.78, 5) is 10.3. The van der Waals surface area contributed by atoms with Crippen molar-refractivity contribution < 1.29 is 4.74 Å². The molecule has 2 aliphatic heterocycles. The van der Waals surface area contributed by atoms with Gasteiger partial charge in [-0.05, 0) is 57.2 Å². The molecular formula is C29H38ClN7O. The van der Waals surface area contributed by atoms with E-state index in [1.165, 1.54) is 5.56 Å². The average molecular weight is 536 g/mol. The molecule has 2 saturated heterocycles. The van der Waals surface area contributed by atoms with Crippen molar-refractivity contribution in [2.45, 2.75) is 78.2 Å². The molecule has 0 aliphatic carbocycles. The number of hydrogen-bond acceptors (Lipinski definition) is 6. The van der Waals surface area contributed by atoms with Crippen molar-refractivity contribution in [1.29, 1.82) is 0 Å². The highest BCUT2D eigenvalue weighted by Crippen LogP contribution is 2.37. The lowest BCUT2D eigenvalue weighted by Gasteiger charge is -2.49. The fraction of sp³-hybridized carbons (Fsp3) is 0.552. The second-order valence-corrected chi connectivity index (χ2v) is 11.9. The van der Waals surface area contributed by atoms with Crippen molar-refractivity contribution >= 4 is 34.1 Å². The molecule has 0 N–H and O–H groups in total. The predicted molar refractivity (Wildman–Crippen MR) is 152 cm³/mol. The van der Waals surface area contributed by atoms with Gasteiger partial charge in [-0.3, -0.25) is 9.30 Å². The van der Waals surface area contributed by atoms with E-state index in [9.17, 15) is 0 Å². The van der Waals surface area contributed by atoms with Crippen molar-refractivity contribution in [3.05, 3.63) is 53.1 Å². The van der Waals surface area contributed by atoms with Crippen LogP contribution < -0.4 is 4.90 Å². The molecule has 0 saturated carbocycles. The van der Waals surface area contributed by atoms with Crippen LogP contribution in [0.5, 0.6) is 0 Å². The van der Waals surface area contributed by atoms with E-state index in [0.717, 1.165) is 72.4 Å². The quantitative estimate of drug-likeness (QED) is 0.324. The van der Waals surface area contributed by atoms with Gasteiger partial charge in [-0.15, -0.1) is 10.2 Å². The van der Waals surface area contributed by atoms with Crippen LogP contribution in [0.15, 0.2) is 36.7 Å². The van der Waals surface area contributed by atoms with Gasteiger partial charge in [-0.1, -0.05) is 37.6 Å². The number of aryl methyl sites for hydroxylation is 1. The zero-order valence-electron chi connectivity index (χ0n) is 23.0. The summed E-state index contributed by atoms with van der Waals surface area (Å²) in [6, 6.07) is 11.5. The molecule has 0 radical (unpaired) electrons. The molecule has 5 heterocycles. The Bertz CT molecular complexity index is 1420. The molecule has 2 aliphatic rings. The fourth-order valence-electron chi connectivity index (χ4n) is 6.59. The second-order valence-electron chi connectivity index (χ2n) is 11.5. The molecular weight excluding hydrogens is 498 g/mol. The summed E-state index contributed by atoms with van der Waals surface area (Å²) in [6.45, 7) is 14.9. The number of benzene rings is 1. The Morgan fingerprint density at radius 3 is 2.61 bits per heavy atom. The van der Waals surface area contributed by atoms with E-state index in [-0.39, 0.29) is 6.10 Å². The van der Waals surface area contributed by atoms with E-state index in [2.05, 4.69) is 81.8 Å². The molecule has 6 rings (SSSR count). The van der Waals surface area contributed by atoms with Gasteiger partial charge in [0.15, 0.2) is 5.65 Å². The minimum absolute atomic E-state index is 0.226. The molecule has 0 amide bonds. The van der Waals surface area contributed by atoms with E-state index in [4.69, 9.17) is 21.3 Å². The number of piperazine rings is 1. The third-order valence-corrected chi connectivity index (χ3v) is 8.65. The summed E-state index contributed by atoms with van der Waals surface area (Å²) in [5, 5.41) is 9.49. The lowest BCUT2D eigenvalue weighted by Crippen LogP contribution is -2.58. The van der Waals surface area contributed by atoms with E-state index >= 15 is 0 Å². The zero-order valence-corrected chi connectivity index (χ0v) is 23.8. The molecule has 4 atom stereocenters. The van der Waals surface area contributed by atoms with Crippen molar-refractivity contribution in [2.24, 2.45) is 5.92 Å². The Morgan fingerprint density at radius 1 is 1.11 bits per heavy atom. The monoisotopic (exact) mass is 535 g/mol. The number of pyridine rings is 1. The number of rotatable bonds is 6. The highest BCUT2D eigenvalue weighted by Gasteiger charge is 2.37. The summed E-state index contributed by atoms with van der Waals surface area (Å²) >= 11 is 6.22. The number of ether oxygens (including phenoxy) is 1. The first-order valence-corrected chi connectivity index (χ1v) is 14.3. The van der Waals surface area contributed by atoms with Gasteiger partial charge in [-0.25, -0.2) is 4.98 Å². The highest BCUT2D eigenvalue weighted by atomic mass is 35.5. The van der Waals surface area contributed by atoms with Crippen LogP contribution in [0, 0.1) is 12.8 Å². The molecule has 3 aromatic heterocycles. The third-order valence-electron chi connectivity index (χ3n) is 8.40. The van der Waals surface area contributed by atoms with E-state index in [1.54, 1.807) is 6.33 Å². The molecule has 202 valence electrons. The topological polar surface area (TPSA) is 63.7 Å². The van der Waals surface area contributed by atoms with Gasteiger partial charge in [0.1, 0.15) is 23.3 Å². The number of anilines is 1. The van der Waals surface area contributed by atoms with Crippen LogP contribution in [0.4, 0.5) is 5.69 Å². The Hall–Kier alpha value is -2.68. The molecule has 0 bridgehead atoms. The van der Waals surface area contributed by atoms with Gasteiger partial charge in [-0.2, -0.15) is 0 Å². The lowest BCUT2D eigenvalue weighted by atomic mass is 9.91. The van der Waals surface area contributed by atoms with Gasteiger partial charge >= 0.3 is 0 Å². The van der Waals surface area contributed by atoms with Gasteiger partial charge < -0.3 is 14.2 Å². The number of halogens is 1. The number of nitrogens with zero attached hydrogens (tertiary/aromatic N) is 7. The van der Waals surface area contributed by atoms with Crippen molar-refractivity contribution in [2.75, 3.05) is 24.6 Å². The maximum atomic E-state index is 6.22. The Balaban J connectivity index is 1.37. The Labute approximate surface area is 229 Å². The summed E-state index contributed by atoms with van der Waals surface area (Å²) in [5.41, 5.74) is 5.39. The van der Waals surface area contributed by atoms with Crippen LogP contribution in [-0.2, 0) is 11.3 Å². The van der Waals surface area contributed by atoms with Crippen LogP contribution in [-0.4, -0.2) is 66.9 Å². The molecule has 4 aromatic rings. The van der Waals surface area contributed by atoms with Gasteiger partial charge in [0.05, 0.1) is 18.3 Å². The average Bonchev–Trinajstić information content (AvgIpc) is 3.63. The molecule has 38 heavy (non-hydrogen) atoms.